The first kappa shape index (κ1) is 23.2. The van der Waals surface area contributed by atoms with Crippen LogP contribution in [0.1, 0.15) is 43.5 Å². The Morgan fingerprint density at radius 2 is 2.00 bits per heavy atom. The zero-order valence-electron chi connectivity index (χ0n) is 19.9. The molecule has 5 rings (SSSR count). The van der Waals surface area contributed by atoms with Crippen molar-refractivity contribution < 1.29 is 9.47 Å². The Labute approximate surface area is 209 Å². The molecule has 0 aliphatic carbocycles. The molecule has 0 saturated carbocycles. The van der Waals surface area contributed by atoms with Gasteiger partial charge in [-0.05, 0) is 55.5 Å². The highest BCUT2D eigenvalue weighted by atomic mass is 35.5. The Morgan fingerprint density at radius 3 is 2.74 bits per heavy atom. The summed E-state index contributed by atoms with van der Waals surface area (Å²) in [5.74, 6) is 3.60. The third-order valence-corrected chi connectivity index (χ3v) is 6.47. The van der Waals surface area contributed by atoms with E-state index in [0.717, 1.165) is 55.2 Å². The summed E-state index contributed by atoms with van der Waals surface area (Å²) < 4.78 is 15.1. The number of hydrogen-bond acceptors (Lipinski definition) is 6. The van der Waals surface area contributed by atoms with Crippen LogP contribution in [0.5, 0.6) is 11.5 Å². The van der Waals surface area contributed by atoms with Gasteiger partial charge in [-0.2, -0.15) is 4.98 Å². The number of aryl methyl sites for hydroxylation is 1. The molecule has 4 aromatic rings. The second-order valence-corrected chi connectivity index (χ2v) is 8.98. The molecule has 1 N–H and O–H groups in total. The van der Waals surface area contributed by atoms with Crippen LogP contribution >= 0.6 is 11.6 Å². The highest BCUT2D eigenvalue weighted by molar-refractivity contribution is 6.29. The second kappa shape index (κ2) is 10.4. The van der Waals surface area contributed by atoms with Crippen molar-refractivity contribution in [2.75, 3.05) is 19.0 Å². The number of hydrogen-bond donors (Lipinski definition) is 1. The normalized spacial score (nSPS) is 15.7. The molecular weight excluding hydrogens is 464 g/mol. The van der Waals surface area contributed by atoms with E-state index >= 15 is 0 Å². The van der Waals surface area contributed by atoms with Gasteiger partial charge in [-0.15, -0.1) is 5.10 Å². The Kier molecular flexibility index (Phi) is 6.90. The molecule has 2 aromatic heterocycles. The van der Waals surface area contributed by atoms with Gasteiger partial charge in [-0.1, -0.05) is 30.2 Å². The molecule has 0 spiro atoms. The third kappa shape index (κ3) is 5.27. The van der Waals surface area contributed by atoms with E-state index in [1.807, 2.05) is 34.4 Å². The first-order valence-electron chi connectivity index (χ1n) is 11.9. The number of aromatic nitrogens is 5. The number of nitrogens with one attached hydrogen (secondary N) is 1. The summed E-state index contributed by atoms with van der Waals surface area (Å²) in [5, 5.41) is 8.53. The largest absolute Gasteiger partial charge is 0.494 e. The Morgan fingerprint density at radius 1 is 1.14 bits per heavy atom. The fourth-order valence-corrected chi connectivity index (χ4v) is 4.70. The molecule has 0 amide bonds. The number of benzene rings is 2. The molecule has 35 heavy (non-hydrogen) atoms. The summed E-state index contributed by atoms with van der Waals surface area (Å²) in [4.78, 5) is 8.93. The van der Waals surface area contributed by atoms with Crippen LogP contribution in [0.2, 0.25) is 5.15 Å². The molecule has 1 unspecified atom stereocenters. The molecule has 8 nitrogen and oxygen atoms in total. The molecule has 0 radical (unpaired) electrons. The van der Waals surface area contributed by atoms with Gasteiger partial charge in [0.25, 0.3) is 0 Å². The minimum Gasteiger partial charge on any atom is -0.494 e. The second-order valence-electron chi connectivity index (χ2n) is 8.59. The highest BCUT2D eigenvalue weighted by Gasteiger charge is 2.21. The number of rotatable bonds is 7. The Balaban J connectivity index is 1.35. The fraction of sp³-hybridized carbons (Fsp3) is 0.346. The minimum atomic E-state index is 0.406. The fourth-order valence-electron chi connectivity index (χ4n) is 4.55. The molecule has 0 fully saturated rings. The SMILES string of the molecule is CCOc1ccc(C2CCCCn3nc(Nc4ccc(-n5cnc(Cl)c5)c(OC)c4)nc3C2)cc1. The lowest BCUT2D eigenvalue weighted by Crippen LogP contribution is -2.14. The van der Waals surface area contributed by atoms with Gasteiger partial charge in [0.15, 0.2) is 0 Å². The maximum absolute atomic E-state index is 5.98. The van der Waals surface area contributed by atoms with Crippen molar-refractivity contribution in [1.82, 2.24) is 24.3 Å². The van der Waals surface area contributed by atoms with Gasteiger partial charge < -0.3 is 19.4 Å². The molecule has 1 aliphatic heterocycles. The number of imidazole rings is 1. The Bertz CT molecular complexity index is 1280. The molecule has 0 bridgehead atoms. The smallest absolute Gasteiger partial charge is 0.246 e. The lowest BCUT2D eigenvalue weighted by molar-refractivity contribution is 0.340. The van der Waals surface area contributed by atoms with Crippen LogP contribution < -0.4 is 14.8 Å². The van der Waals surface area contributed by atoms with E-state index in [2.05, 4.69) is 34.6 Å². The number of methoxy groups -OCH3 is 1. The average molecular weight is 493 g/mol. The summed E-state index contributed by atoms with van der Waals surface area (Å²) in [6.45, 7) is 3.55. The van der Waals surface area contributed by atoms with E-state index in [0.29, 0.717) is 29.4 Å². The first-order valence-corrected chi connectivity index (χ1v) is 12.3. The van der Waals surface area contributed by atoms with E-state index in [-0.39, 0.29) is 0 Å². The number of fused-ring (bicyclic) bond motifs is 1. The van der Waals surface area contributed by atoms with Gasteiger partial charge in [0.05, 0.1) is 19.4 Å². The maximum atomic E-state index is 5.98. The van der Waals surface area contributed by atoms with Gasteiger partial charge in [-0.3, -0.25) is 0 Å². The van der Waals surface area contributed by atoms with Gasteiger partial charge in [0.2, 0.25) is 5.95 Å². The molecule has 9 heteroatoms. The van der Waals surface area contributed by atoms with Crippen LogP contribution in [0, 0.1) is 0 Å². The molecule has 1 aliphatic rings. The maximum Gasteiger partial charge on any atom is 0.246 e. The van der Waals surface area contributed by atoms with E-state index in [1.165, 1.54) is 5.56 Å². The molecule has 3 heterocycles. The van der Waals surface area contributed by atoms with Crippen LogP contribution in [0.4, 0.5) is 11.6 Å². The minimum absolute atomic E-state index is 0.406. The van der Waals surface area contributed by atoms with Gasteiger partial charge >= 0.3 is 0 Å². The lowest BCUT2D eigenvalue weighted by Gasteiger charge is -2.20. The van der Waals surface area contributed by atoms with E-state index in [9.17, 15) is 0 Å². The zero-order chi connectivity index (χ0) is 24.2. The summed E-state index contributed by atoms with van der Waals surface area (Å²) in [7, 11) is 1.64. The summed E-state index contributed by atoms with van der Waals surface area (Å²) in [6.07, 6.45) is 7.64. The molecular formula is C26H29ClN6O2. The van der Waals surface area contributed by atoms with Crippen LogP contribution in [0.25, 0.3) is 5.69 Å². The monoisotopic (exact) mass is 492 g/mol. The molecule has 0 saturated heterocycles. The number of halogens is 1. The van der Waals surface area contributed by atoms with Crippen LogP contribution in [-0.4, -0.2) is 38.0 Å². The van der Waals surface area contributed by atoms with Crippen molar-refractivity contribution >= 4 is 23.2 Å². The summed E-state index contributed by atoms with van der Waals surface area (Å²) in [5.41, 5.74) is 3.01. The van der Waals surface area contributed by atoms with Crippen LogP contribution in [0.3, 0.4) is 0 Å². The van der Waals surface area contributed by atoms with E-state index in [1.54, 1.807) is 19.6 Å². The third-order valence-electron chi connectivity index (χ3n) is 6.28. The van der Waals surface area contributed by atoms with E-state index < -0.39 is 0 Å². The summed E-state index contributed by atoms with van der Waals surface area (Å²) in [6, 6.07) is 14.3. The van der Waals surface area contributed by atoms with Crippen molar-refractivity contribution in [3.63, 3.8) is 0 Å². The van der Waals surface area contributed by atoms with Crippen molar-refractivity contribution in [3.05, 3.63) is 71.5 Å². The molecule has 2 aromatic carbocycles. The molecule has 1 atom stereocenters. The van der Waals surface area contributed by atoms with Crippen molar-refractivity contribution in [2.45, 2.75) is 45.1 Å². The topological polar surface area (TPSA) is 79.0 Å². The summed E-state index contributed by atoms with van der Waals surface area (Å²) >= 11 is 5.98. The van der Waals surface area contributed by atoms with Crippen molar-refractivity contribution in [3.8, 4) is 17.2 Å². The lowest BCUT2D eigenvalue weighted by atomic mass is 9.89. The van der Waals surface area contributed by atoms with Gasteiger partial charge in [-0.25, -0.2) is 9.67 Å². The van der Waals surface area contributed by atoms with Gasteiger partial charge in [0, 0.05) is 30.9 Å². The number of anilines is 2. The first-order chi connectivity index (χ1) is 17.1. The predicted molar refractivity (Wildman–Crippen MR) is 136 cm³/mol. The van der Waals surface area contributed by atoms with Crippen molar-refractivity contribution in [2.24, 2.45) is 0 Å². The zero-order valence-corrected chi connectivity index (χ0v) is 20.7. The average Bonchev–Trinajstić information content (AvgIpc) is 3.45. The van der Waals surface area contributed by atoms with Crippen LogP contribution in [0.15, 0.2) is 55.0 Å². The van der Waals surface area contributed by atoms with E-state index in [4.69, 9.17) is 31.2 Å². The quantitative estimate of drug-likeness (QED) is 0.352. The highest BCUT2D eigenvalue weighted by Crippen LogP contribution is 2.31. The standard InChI is InChI=1S/C26H29ClN6O2/c1-3-35-21-10-7-18(8-11-21)19-6-4-5-13-33-25(14-19)30-26(31-33)29-20-9-12-22(23(15-20)34-2)32-16-24(27)28-17-32/h7-12,15-17,19H,3-6,13-14H2,1-2H3,(H,29,31). The van der Waals surface area contributed by atoms with Gasteiger partial charge in [0.1, 0.15) is 28.8 Å². The predicted octanol–water partition coefficient (Wildman–Crippen LogP) is 5.78. The number of nitrogens with zero attached hydrogens (tertiary/aromatic N) is 5. The van der Waals surface area contributed by atoms with Crippen molar-refractivity contribution in [1.29, 1.82) is 0 Å². The molecule has 182 valence electrons. The van der Waals surface area contributed by atoms with Crippen LogP contribution in [-0.2, 0) is 13.0 Å². The Hall–Kier alpha value is -3.52. The number of ether oxygens (including phenoxy) is 2.